The Labute approximate surface area is 151 Å². The zero-order valence-corrected chi connectivity index (χ0v) is 14.4. The Morgan fingerprint density at radius 3 is 2.46 bits per heavy atom. The van der Waals surface area contributed by atoms with Gasteiger partial charge in [0, 0.05) is 18.7 Å². The van der Waals surface area contributed by atoms with Gasteiger partial charge in [-0.2, -0.15) is 0 Å². The van der Waals surface area contributed by atoms with Crippen molar-refractivity contribution in [2.24, 2.45) is 0 Å². The van der Waals surface area contributed by atoms with Crippen molar-refractivity contribution in [3.63, 3.8) is 0 Å². The normalized spacial score (nSPS) is 10.4. The molecule has 0 aliphatic heterocycles. The van der Waals surface area contributed by atoms with Crippen molar-refractivity contribution in [1.82, 2.24) is 15.3 Å². The van der Waals surface area contributed by atoms with Crippen LogP contribution in [0.2, 0.25) is 0 Å². The Bertz CT molecular complexity index is 879. The van der Waals surface area contributed by atoms with E-state index in [1.807, 2.05) is 31.2 Å². The number of hydrogen-bond donors (Lipinski definition) is 2. The van der Waals surface area contributed by atoms with Crippen molar-refractivity contribution >= 4 is 11.7 Å². The first-order valence-corrected chi connectivity index (χ1v) is 8.25. The van der Waals surface area contributed by atoms with Crippen LogP contribution in [-0.4, -0.2) is 15.9 Å². The lowest BCUT2D eigenvalue weighted by molar-refractivity contribution is 0.0945. The van der Waals surface area contributed by atoms with Gasteiger partial charge in [0.1, 0.15) is 17.3 Å². The molecule has 0 unspecified atom stereocenters. The van der Waals surface area contributed by atoms with Crippen LogP contribution in [-0.2, 0) is 13.1 Å². The third-order valence-corrected chi connectivity index (χ3v) is 3.88. The van der Waals surface area contributed by atoms with E-state index in [2.05, 4.69) is 20.6 Å². The second kappa shape index (κ2) is 8.20. The summed E-state index contributed by atoms with van der Waals surface area (Å²) in [7, 11) is 0. The molecule has 0 radical (unpaired) electrons. The fraction of sp³-hybridized carbons (Fsp3) is 0.150. The number of carbonyl (C=O) groups is 1. The van der Waals surface area contributed by atoms with Crippen LogP contribution in [0.25, 0.3) is 0 Å². The molecule has 2 aromatic carbocycles. The fourth-order valence-corrected chi connectivity index (χ4v) is 2.34. The van der Waals surface area contributed by atoms with Crippen LogP contribution in [0, 0.1) is 12.7 Å². The van der Waals surface area contributed by atoms with Crippen LogP contribution >= 0.6 is 0 Å². The molecular weight excluding hydrogens is 331 g/mol. The lowest BCUT2D eigenvalue weighted by Gasteiger charge is -2.08. The molecule has 5 nitrogen and oxygen atoms in total. The monoisotopic (exact) mass is 350 g/mol. The molecule has 0 aliphatic rings. The predicted molar refractivity (Wildman–Crippen MR) is 98.1 cm³/mol. The van der Waals surface area contributed by atoms with Crippen LogP contribution in [0.15, 0.2) is 60.9 Å². The molecule has 0 spiro atoms. The molecule has 132 valence electrons. The molecule has 0 saturated heterocycles. The Balaban J connectivity index is 1.54. The van der Waals surface area contributed by atoms with Crippen molar-refractivity contribution in [3.8, 4) is 0 Å². The zero-order chi connectivity index (χ0) is 18.4. The Morgan fingerprint density at radius 2 is 1.77 bits per heavy atom. The molecule has 1 amide bonds. The molecular formula is C20H19FN4O. The predicted octanol–water partition coefficient (Wildman–Crippen LogP) is 3.47. The summed E-state index contributed by atoms with van der Waals surface area (Å²) in [4.78, 5) is 20.4. The highest BCUT2D eigenvalue weighted by atomic mass is 19.1. The summed E-state index contributed by atoms with van der Waals surface area (Å²) in [6.45, 7) is 2.76. The van der Waals surface area contributed by atoms with Gasteiger partial charge in [-0.05, 0) is 18.6 Å². The molecule has 2 N–H and O–H groups in total. The maximum absolute atomic E-state index is 13.6. The third-order valence-electron chi connectivity index (χ3n) is 3.88. The summed E-state index contributed by atoms with van der Waals surface area (Å²) in [5.41, 5.74) is 2.94. The van der Waals surface area contributed by atoms with Crippen LogP contribution in [0.4, 0.5) is 10.2 Å². The van der Waals surface area contributed by atoms with Gasteiger partial charge in [0.05, 0.1) is 12.4 Å². The second-order valence-corrected chi connectivity index (χ2v) is 5.90. The van der Waals surface area contributed by atoms with E-state index in [4.69, 9.17) is 0 Å². The van der Waals surface area contributed by atoms with Gasteiger partial charge in [-0.3, -0.25) is 4.79 Å². The summed E-state index contributed by atoms with van der Waals surface area (Å²) in [6.07, 6.45) is 2.90. The number of nitrogens with zero attached hydrogens (tertiary/aromatic N) is 2. The molecule has 3 rings (SSSR count). The van der Waals surface area contributed by atoms with Crippen molar-refractivity contribution in [3.05, 3.63) is 89.1 Å². The third kappa shape index (κ3) is 4.63. The summed E-state index contributed by atoms with van der Waals surface area (Å²) >= 11 is 0. The Kier molecular flexibility index (Phi) is 5.53. The molecule has 0 bridgehead atoms. The number of anilines is 1. The molecule has 1 aromatic heterocycles. The van der Waals surface area contributed by atoms with Gasteiger partial charge in [-0.1, -0.05) is 48.0 Å². The minimum atomic E-state index is -0.397. The number of benzene rings is 2. The molecule has 0 atom stereocenters. The molecule has 0 aliphatic carbocycles. The quantitative estimate of drug-likeness (QED) is 0.714. The summed E-state index contributed by atoms with van der Waals surface area (Å²) in [5.74, 6) is -0.170. The maximum atomic E-state index is 13.6. The Morgan fingerprint density at radius 1 is 1.00 bits per heavy atom. The molecule has 1 heterocycles. The first-order valence-electron chi connectivity index (χ1n) is 8.25. The molecule has 0 saturated carbocycles. The van der Waals surface area contributed by atoms with Gasteiger partial charge in [-0.25, -0.2) is 14.4 Å². The van der Waals surface area contributed by atoms with Gasteiger partial charge < -0.3 is 10.6 Å². The van der Waals surface area contributed by atoms with E-state index in [-0.39, 0.29) is 18.1 Å². The molecule has 26 heavy (non-hydrogen) atoms. The standard InChI is InChI=1S/C20H19FN4O/c1-14-6-8-15(9-7-14)10-23-19-13-22-18(12-24-19)20(26)25-11-16-4-2-3-5-17(16)21/h2-9,12-13H,10-11H2,1H3,(H,23,24)(H,25,26). The molecule has 0 fully saturated rings. The van der Waals surface area contributed by atoms with E-state index in [1.165, 1.54) is 24.0 Å². The lowest BCUT2D eigenvalue weighted by atomic mass is 10.1. The number of halogens is 1. The number of hydrogen-bond acceptors (Lipinski definition) is 4. The van der Waals surface area contributed by atoms with Gasteiger partial charge in [-0.15, -0.1) is 0 Å². The van der Waals surface area contributed by atoms with E-state index in [0.717, 1.165) is 5.56 Å². The first-order chi connectivity index (χ1) is 12.6. The number of amides is 1. The SMILES string of the molecule is Cc1ccc(CNc2cnc(C(=O)NCc3ccccc3F)cn2)cc1. The number of nitrogens with one attached hydrogen (secondary N) is 2. The van der Waals surface area contributed by atoms with Gasteiger partial charge in [0.25, 0.3) is 5.91 Å². The highest BCUT2D eigenvalue weighted by molar-refractivity contribution is 5.91. The summed E-state index contributed by atoms with van der Waals surface area (Å²) < 4.78 is 13.6. The highest BCUT2D eigenvalue weighted by Crippen LogP contribution is 2.08. The van der Waals surface area contributed by atoms with Crippen LogP contribution in [0.3, 0.4) is 0 Å². The summed E-state index contributed by atoms with van der Waals surface area (Å²) in [5, 5.41) is 5.79. The highest BCUT2D eigenvalue weighted by Gasteiger charge is 2.09. The minimum absolute atomic E-state index is 0.0978. The number of aromatic nitrogens is 2. The number of aryl methyl sites for hydroxylation is 1. The van der Waals surface area contributed by atoms with Crippen LogP contribution in [0.1, 0.15) is 27.2 Å². The second-order valence-electron chi connectivity index (χ2n) is 5.90. The fourth-order valence-electron chi connectivity index (χ4n) is 2.34. The van der Waals surface area contributed by atoms with Gasteiger partial charge >= 0.3 is 0 Å². The maximum Gasteiger partial charge on any atom is 0.271 e. The van der Waals surface area contributed by atoms with Gasteiger partial charge in [0.2, 0.25) is 0 Å². The molecule has 6 heteroatoms. The zero-order valence-electron chi connectivity index (χ0n) is 14.4. The smallest absolute Gasteiger partial charge is 0.271 e. The van der Waals surface area contributed by atoms with E-state index in [1.54, 1.807) is 18.2 Å². The number of rotatable bonds is 6. The van der Waals surface area contributed by atoms with Crippen molar-refractivity contribution in [2.45, 2.75) is 20.0 Å². The van der Waals surface area contributed by atoms with Crippen molar-refractivity contribution in [1.29, 1.82) is 0 Å². The largest absolute Gasteiger partial charge is 0.365 e. The number of carbonyl (C=O) groups excluding carboxylic acids is 1. The van der Waals surface area contributed by atoms with Crippen LogP contribution < -0.4 is 10.6 Å². The van der Waals surface area contributed by atoms with E-state index in [9.17, 15) is 9.18 Å². The minimum Gasteiger partial charge on any atom is -0.365 e. The average Bonchev–Trinajstić information content (AvgIpc) is 2.67. The topological polar surface area (TPSA) is 66.9 Å². The van der Waals surface area contributed by atoms with Crippen molar-refractivity contribution < 1.29 is 9.18 Å². The van der Waals surface area contributed by atoms with Gasteiger partial charge in [0.15, 0.2) is 0 Å². The average molecular weight is 350 g/mol. The first kappa shape index (κ1) is 17.5. The molecule has 3 aromatic rings. The van der Waals surface area contributed by atoms with E-state index < -0.39 is 5.91 Å². The van der Waals surface area contributed by atoms with Crippen LogP contribution in [0.5, 0.6) is 0 Å². The Hall–Kier alpha value is -3.28. The summed E-state index contributed by atoms with van der Waals surface area (Å²) in [6, 6.07) is 14.5. The van der Waals surface area contributed by atoms with E-state index in [0.29, 0.717) is 17.9 Å². The van der Waals surface area contributed by atoms with Crippen molar-refractivity contribution in [2.75, 3.05) is 5.32 Å². The van der Waals surface area contributed by atoms with E-state index >= 15 is 0 Å². The lowest BCUT2D eigenvalue weighted by Crippen LogP contribution is -2.24.